The first kappa shape index (κ1) is 4.60. The van der Waals surface area contributed by atoms with Crippen LogP contribution >= 0.6 is 15.9 Å². The molecule has 2 atom stereocenters. The summed E-state index contributed by atoms with van der Waals surface area (Å²) in [5, 5.41) is 0. The van der Waals surface area contributed by atoms with Crippen molar-refractivity contribution in [2.24, 2.45) is 0 Å². The first-order valence-electron chi connectivity index (χ1n) is 1.99. The third-order valence-electron chi connectivity index (χ3n) is 1.08. The van der Waals surface area contributed by atoms with Gasteiger partial charge >= 0.3 is 0 Å². The Morgan fingerprint density at radius 3 is 2.00 bits per heavy atom. The fourth-order valence-electron chi connectivity index (χ4n) is 0.312. The molecular weight excluding hydrogens is 144 g/mol. The molecule has 0 saturated carbocycles. The van der Waals surface area contributed by atoms with Gasteiger partial charge in [-0.1, -0.05) is 15.9 Å². The molecule has 1 aliphatic heterocycles. The minimum atomic E-state index is 0.0208. The fourth-order valence-corrected chi connectivity index (χ4v) is 0.592. The van der Waals surface area contributed by atoms with E-state index in [9.17, 15) is 0 Å². The van der Waals surface area contributed by atoms with E-state index in [-0.39, 0.29) is 4.51 Å². The fraction of sp³-hybridized carbons (Fsp3) is 1.00. The van der Waals surface area contributed by atoms with Gasteiger partial charge in [-0.15, -0.1) is 0 Å². The van der Waals surface area contributed by atoms with Crippen molar-refractivity contribution >= 4 is 15.9 Å². The zero-order chi connectivity index (χ0) is 4.78. The molecule has 0 spiro atoms. The molecule has 1 saturated heterocycles. The van der Waals surface area contributed by atoms with Gasteiger partial charge in [0.1, 0.15) is 4.51 Å². The molecule has 0 aromatic rings. The Morgan fingerprint density at radius 2 is 2.00 bits per heavy atom. The molecule has 0 amide bonds. The van der Waals surface area contributed by atoms with Gasteiger partial charge in [0.2, 0.25) is 0 Å². The Kier molecular flexibility index (Phi) is 0.754. The highest BCUT2D eigenvalue weighted by molar-refractivity contribution is 9.10. The summed E-state index contributed by atoms with van der Waals surface area (Å²) in [6.45, 7) is 4.05. The van der Waals surface area contributed by atoms with Gasteiger partial charge in [0.15, 0.2) is 0 Å². The van der Waals surface area contributed by atoms with Gasteiger partial charge < -0.3 is 4.74 Å². The van der Waals surface area contributed by atoms with Crippen LogP contribution < -0.4 is 0 Å². The van der Waals surface area contributed by atoms with Crippen molar-refractivity contribution in [1.29, 1.82) is 0 Å². The number of hydrogen-bond acceptors (Lipinski definition) is 1. The summed E-state index contributed by atoms with van der Waals surface area (Å²) in [6, 6.07) is 0. The van der Waals surface area contributed by atoms with Crippen LogP contribution in [0.1, 0.15) is 13.8 Å². The first-order chi connectivity index (χ1) is 2.63. The lowest BCUT2D eigenvalue weighted by Gasteiger charge is -1.81. The third kappa shape index (κ3) is 0.590. The third-order valence-corrected chi connectivity index (χ3v) is 1.91. The number of alkyl halides is 1. The topological polar surface area (TPSA) is 12.5 Å². The van der Waals surface area contributed by atoms with E-state index in [1.165, 1.54) is 0 Å². The normalized spacial score (nSPS) is 55.5. The van der Waals surface area contributed by atoms with Crippen LogP contribution in [0.3, 0.4) is 0 Å². The van der Waals surface area contributed by atoms with Crippen LogP contribution in [0.4, 0.5) is 0 Å². The molecule has 0 bridgehead atoms. The monoisotopic (exact) mass is 150 g/mol. The van der Waals surface area contributed by atoms with E-state index in [1.807, 2.05) is 13.8 Å². The van der Waals surface area contributed by atoms with Crippen LogP contribution in [0.2, 0.25) is 0 Å². The molecule has 1 fully saturated rings. The quantitative estimate of drug-likeness (QED) is 0.377. The Hall–Kier alpha value is 0.440. The summed E-state index contributed by atoms with van der Waals surface area (Å²) in [7, 11) is 0. The molecule has 1 nitrogen and oxygen atoms in total. The van der Waals surface area contributed by atoms with Crippen molar-refractivity contribution in [2.75, 3.05) is 0 Å². The summed E-state index contributed by atoms with van der Waals surface area (Å²) < 4.78 is 5.04. The summed E-state index contributed by atoms with van der Waals surface area (Å²) in [5.74, 6) is 0. The highest BCUT2D eigenvalue weighted by atomic mass is 79.9. The van der Waals surface area contributed by atoms with E-state index in [2.05, 4.69) is 15.9 Å². The van der Waals surface area contributed by atoms with Gasteiger partial charge in [0.05, 0.1) is 6.10 Å². The molecule has 1 heterocycles. The number of halogens is 1. The van der Waals surface area contributed by atoms with Crippen LogP contribution in [0.5, 0.6) is 0 Å². The molecule has 2 heteroatoms. The summed E-state index contributed by atoms with van der Waals surface area (Å²) >= 11 is 3.33. The maximum Gasteiger partial charge on any atom is 0.146 e. The van der Waals surface area contributed by atoms with Gasteiger partial charge in [-0.3, -0.25) is 0 Å². The van der Waals surface area contributed by atoms with Crippen LogP contribution in [0.25, 0.3) is 0 Å². The zero-order valence-corrected chi connectivity index (χ0v) is 5.45. The van der Waals surface area contributed by atoms with Crippen LogP contribution in [-0.2, 0) is 4.74 Å². The number of rotatable bonds is 0. The predicted octanol–water partition coefficient (Wildman–Crippen LogP) is 1.52. The largest absolute Gasteiger partial charge is 0.354 e. The van der Waals surface area contributed by atoms with Crippen LogP contribution in [0, 0.1) is 0 Å². The van der Waals surface area contributed by atoms with Gasteiger partial charge in [-0.2, -0.15) is 0 Å². The van der Waals surface area contributed by atoms with Crippen LogP contribution in [-0.4, -0.2) is 10.6 Å². The minimum Gasteiger partial charge on any atom is -0.354 e. The lowest BCUT2D eigenvalue weighted by molar-refractivity contribution is 0.377. The second kappa shape index (κ2) is 0.984. The molecule has 0 aromatic carbocycles. The lowest BCUT2D eigenvalue weighted by Crippen LogP contribution is -1.91. The molecule has 1 aliphatic rings. The van der Waals surface area contributed by atoms with E-state index in [4.69, 9.17) is 4.74 Å². The van der Waals surface area contributed by atoms with Crippen molar-refractivity contribution in [2.45, 2.75) is 24.5 Å². The SMILES string of the molecule is CC1OC1(C)Br. The van der Waals surface area contributed by atoms with Gasteiger partial charge in [0, 0.05) is 0 Å². The second-order valence-electron chi connectivity index (χ2n) is 1.75. The maximum atomic E-state index is 5.02. The molecule has 0 N–H and O–H groups in total. The molecule has 0 radical (unpaired) electrons. The summed E-state index contributed by atoms with van der Waals surface area (Å²) in [6.07, 6.45) is 0.414. The molecule has 36 valence electrons. The van der Waals surface area contributed by atoms with Crippen molar-refractivity contribution in [3.05, 3.63) is 0 Å². The zero-order valence-electron chi connectivity index (χ0n) is 3.86. The van der Waals surface area contributed by atoms with E-state index in [0.29, 0.717) is 6.10 Å². The standard InChI is InChI=1S/C4H7BrO/c1-3-4(2,5)6-3/h3H,1-2H3. The molecular formula is C4H7BrO. The van der Waals surface area contributed by atoms with E-state index >= 15 is 0 Å². The molecule has 0 aliphatic carbocycles. The second-order valence-corrected chi connectivity index (χ2v) is 3.32. The van der Waals surface area contributed by atoms with E-state index in [1.54, 1.807) is 0 Å². The Balaban J connectivity index is 2.41. The van der Waals surface area contributed by atoms with Gasteiger partial charge in [-0.05, 0) is 13.8 Å². The van der Waals surface area contributed by atoms with Crippen LogP contribution in [0.15, 0.2) is 0 Å². The highest BCUT2D eigenvalue weighted by Gasteiger charge is 2.46. The molecule has 1 rings (SSSR count). The van der Waals surface area contributed by atoms with Crippen molar-refractivity contribution in [3.8, 4) is 0 Å². The Morgan fingerprint density at radius 1 is 1.83 bits per heavy atom. The predicted molar refractivity (Wildman–Crippen MR) is 27.9 cm³/mol. The number of hydrogen-bond donors (Lipinski definition) is 0. The van der Waals surface area contributed by atoms with Crippen molar-refractivity contribution in [3.63, 3.8) is 0 Å². The molecule has 2 unspecified atom stereocenters. The van der Waals surface area contributed by atoms with E-state index < -0.39 is 0 Å². The van der Waals surface area contributed by atoms with Gasteiger partial charge in [0.25, 0.3) is 0 Å². The summed E-state index contributed by atoms with van der Waals surface area (Å²) in [5.41, 5.74) is 0. The lowest BCUT2D eigenvalue weighted by atomic mass is 10.4. The van der Waals surface area contributed by atoms with Gasteiger partial charge in [-0.25, -0.2) is 0 Å². The van der Waals surface area contributed by atoms with E-state index in [0.717, 1.165) is 0 Å². The van der Waals surface area contributed by atoms with Crippen molar-refractivity contribution in [1.82, 2.24) is 0 Å². The summed E-state index contributed by atoms with van der Waals surface area (Å²) in [4.78, 5) is 0. The first-order valence-corrected chi connectivity index (χ1v) is 2.79. The number of epoxide rings is 1. The number of ether oxygens (including phenoxy) is 1. The molecule has 0 aromatic heterocycles. The minimum absolute atomic E-state index is 0.0208. The Labute approximate surface area is 45.8 Å². The molecule has 6 heavy (non-hydrogen) atoms. The maximum absolute atomic E-state index is 5.02. The van der Waals surface area contributed by atoms with Crippen molar-refractivity contribution < 1.29 is 4.74 Å². The highest BCUT2D eigenvalue weighted by Crippen LogP contribution is 2.41. The average molecular weight is 151 g/mol. The average Bonchev–Trinajstić information content (AvgIpc) is 1.73. The Bertz CT molecular complexity index is 69.9. The smallest absolute Gasteiger partial charge is 0.146 e.